The maximum absolute atomic E-state index is 8.85. The van der Waals surface area contributed by atoms with Crippen LogP contribution in [0.25, 0.3) is 0 Å². The van der Waals surface area contributed by atoms with Crippen LogP contribution in [0, 0.1) is 6.07 Å². The van der Waals surface area contributed by atoms with E-state index >= 15 is 0 Å². The summed E-state index contributed by atoms with van der Waals surface area (Å²) in [7, 11) is 0. The zero-order valence-electron chi connectivity index (χ0n) is 4.43. The highest BCUT2D eigenvalue weighted by Crippen LogP contribution is 2.26. The van der Waals surface area contributed by atoms with Gasteiger partial charge in [-0.15, -0.1) is 0 Å². The molecule has 2 nitrogen and oxygen atoms in total. The first-order valence-electron chi connectivity index (χ1n) is 2.29. The number of benzene rings is 1. The molecule has 0 unspecified atom stereocenters. The molecule has 1 rings (SSSR count). The van der Waals surface area contributed by atoms with Gasteiger partial charge in [0, 0.05) is 6.07 Å². The molecule has 0 aromatic heterocycles. The first-order valence-corrected chi connectivity index (χ1v) is 3.08. The third-order valence-electron chi connectivity index (χ3n) is 0.865. The van der Waals surface area contributed by atoms with Crippen molar-refractivity contribution in [1.29, 1.82) is 0 Å². The van der Waals surface area contributed by atoms with Crippen molar-refractivity contribution < 1.29 is 10.2 Å². The third kappa shape index (κ3) is 1.36. The molecule has 0 aliphatic heterocycles. The van der Waals surface area contributed by atoms with Crippen molar-refractivity contribution in [3.05, 3.63) is 22.7 Å². The van der Waals surface area contributed by atoms with Crippen LogP contribution in [0.3, 0.4) is 0 Å². The number of aromatic hydroxyl groups is 2. The van der Waals surface area contributed by atoms with Crippen LogP contribution in [0.15, 0.2) is 16.6 Å². The maximum Gasteiger partial charge on any atom is 0.130 e. The average Bonchev–Trinajstić information content (AvgIpc) is 1.80. The molecule has 1 radical (unpaired) electrons. The Bertz CT molecular complexity index is 222. The van der Waals surface area contributed by atoms with E-state index in [0.29, 0.717) is 4.47 Å². The second-order valence-electron chi connectivity index (χ2n) is 1.55. The van der Waals surface area contributed by atoms with Crippen LogP contribution in [0.1, 0.15) is 0 Å². The molecule has 0 aliphatic rings. The fourth-order valence-corrected chi connectivity index (χ4v) is 0.778. The van der Waals surface area contributed by atoms with Crippen LogP contribution in [0.4, 0.5) is 0 Å². The van der Waals surface area contributed by atoms with E-state index in [4.69, 9.17) is 10.2 Å². The Morgan fingerprint density at radius 1 is 1.44 bits per heavy atom. The smallest absolute Gasteiger partial charge is 0.130 e. The summed E-state index contributed by atoms with van der Waals surface area (Å²) >= 11 is 3.02. The molecule has 0 saturated carbocycles. The van der Waals surface area contributed by atoms with Crippen LogP contribution >= 0.6 is 15.9 Å². The molecule has 0 bridgehead atoms. The lowest BCUT2D eigenvalue weighted by molar-refractivity contribution is 0.456. The monoisotopic (exact) mass is 187 g/mol. The van der Waals surface area contributed by atoms with Gasteiger partial charge in [-0.05, 0) is 28.1 Å². The molecule has 47 valence electrons. The van der Waals surface area contributed by atoms with Crippen molar-refractivity contribution in [2.45, 2.75) is 0 Å². The highest BCUT2D eigenvalue weighted by Gasteiger charge is 1.96. The predicted octanol–water partition coefficient (Wildman–Crippen LogP) is 1.66. The van der Waals surface area contributed by atoms with E-state index < -0.39 is 0 Å². The van der Waals surface area contributed by atoms with E-state index in [1.165, 1.54) is 12.1 Å². The number of rotatable bonds is 0. The van der Waals surface area contributed by atoms with Gasteiger partial charge in [-0.1, -0.05) is 0 Å². The normalized spacial score (nSPS) is 9.44. The molecule has 0 aliphatic carbocycles. The number of phenolic OH excluding ortho intramolecular Hbond substituents is 2. The molecule has 9 heavy (non-hydrogen) atoms. The van der Waals surface area contributed by atoms with Crippen molar-refractivity contribution >= 4 is 15.9 Å². The number of hydrogen-bond acceptors (Lipinski definition) is 2. The van der Waals surface area contributed by atoms with Crippen molar-refractivity contribution in [2.24, 2.45) is 0 Å². The molecular weight excluding hydrogens is 184 g/mol. The summed E-state index contributed by atoms with van der Waals surface area (Å²) in [6.07, 6.45) is 0. The molecule has 3 heteroatoms. The van der Waals surface area contributed by atoms with Crippen molar-refractivity contribution in [1.82, 2.24) is 0 Å². The Kier molecular flexibility index (Phi) is 1.62. The van der Waals surface area contributed by atoms with Gasteiger partial charge in [-0.2, -0.15) is 0 Å². The first kappa shape index (κ1) is 6.42. The van der Waals surface area contributed by atoms with Gasteiger partial charge in [-0.3, -0.25) is 0 Å². The van der Waals surface area contributed by atoms with Gasteiger partial charge in [0.2, 0.25) is 0 Å². The summed E-state index contributed by atoms with van der Waals surface area (Å²) in [5.41, 5.74) is 0. The lowest BCUT2D eigenvalue weighted by Crippen LogP contribution is -1.67. The highest BCUT2D eigenvalue weighted by molar-refractivity contribution is 9.10. The minimum Gasteiger partial charge on any atom is -0.507 e. The zero-order valence-corrected chi connectivity index (χ0v) is 6.01. The molecule has 0 heterocycles. The van der Waals surface area contributed by atoms with E-state index in [1.807, 2.05) is 0 Å². The van der Waals surface area contributed by atoms with Gasteiger partial charge >= 0.3 is 0 Å². The molecule has 0 amide bonds. The minimum atomic E-state index is 0.0136. The molecule has 0 atom stereocenters. The maximum atomic E-state index is 8.85. The Balaban J connectivity index is 3.17. The Morgan fingerprint density at radius 3 is 2.56 bits per heavy atom. The lowest BCUT2D eigenvalue weighted by atomic mass is 10.3. The van der Waals surface area contributed by atoms with Crippen molar-refractivity contribution in [3.8, 4) is 11.5 Å². The third-order valence-corrected chi connectivity index (χ3v) is 1.50. The van der Waals surface area contributed by atoms with E-state index in [9.17, 15) is 0 Å². The zero-order chi connectivity index (χ0) is 6.85. The fourth-order valence-electron chi connectivity index (χ4n) is 0.447. The van der Waals surface area contributed by atoms with Gasteiger partial charge in [0.25, 0.3) is 0 Å². The summed E-state index contributed by atoms with van der Waals surface area (Å²) in [6, 6.07) is 5.08. The van der Waals surface area contributed by atoms with Gasteiger partial charge in [0.1, 0.15) is 11.5 Å². The van der Waals surface area contributed by atoms with Crippen LogP contribution in [-0.2, 0) is 0 Å². The predicted molar refractivity (Wildman–Crippen MR) is 36.3 cm³/mol. The topological polar surface area (TPSA) is 40.5 Å². The average molecular weight is 188 g/mol. The van der Waals surface area contributed by atoms with Gasteiger partial charge in [0.05, 0.1) is 4.47 Å². The SMILES string of the molecule is Oc1[c]cc(O)c(Br)c1. The lowest BCUT2D eigenvalue weighted by Gasteiger charge is -1.94. The minimum absolute atomic E-state index is 0.0136. The number of halogens is 1. The summed E-state index contributed by atoms with van der Waals surface area (Å²) in [4.78, 5) is 0. The second-order valence-corrected chi connectivity index (χ2v) is 2.41. The van der Waals surface area contributed by atoms with E-state index in [0.717, 1.165) is 0 Å². The molecule has 0 spiro atoms. The number of phenols is 2. The highest BCUT2D eigenvalue weighted by atomic mass is 79.9. The Hall–Kier alpha value is -0.700. The van der Waals surface area contributed by atoms with Crippen LogP contribution in [-0.4, -0.2) is 10.2 Å². The van der Waals surface area contributed by atoms with Gasteiger partial charge < -0.3 is 10.2 Å². The van der Waals surface area contributed by atoms with E-state index in [-0.39, 0.29) is 11.5 Å². The van der Waals surface area contributed by atoms with Gasteiger partial charge in [-0.25, -0.2) is 0 Å². The Labute approximate surface area is 60.9 Å². The van der Waals surface area contributed by atoms with Crippen molar-refractivity contribution in [3.63, 3.8) is 0 Å². The largest absolute Gasteiger partial charge is 0.507 e. The van der Waals surface area contributed by atoms with Crippen LogP contribution in [0.5, 0.6) is 11.5 Å². The molecule has 0 saturated heterocycles. The summed E-state index contributed by atoms with van der Waals surface area (Å²) in [5.74, 6) is 0.0903. The summed E-state index contributed by atoms with van der Waals surface area (Å²) in [5, 5.41) is 17.6. The van der Waals surface area contributed by atoms with Crippen LogP contribution in [0.2, 0.25) is 0 Å². The second kappa shape index (κ2) is 2.27. The van der Waals surface area contributed by atoms with E-state index in [1.54, 1.807) is 0 Å². The molecule has 1 aromatic rings. The molecule has 2 N–H and O–H groups in total. The molecule has 0 fully saturated rings. The van der Waals surface area contributed by atoms with Crippen LogP contribution < -0.4 is 0 Å². The first-order chi connectivity index (χ1) is 4.20. The van der Waals surface area contributed by atoms with Crippen molar-refractivity contribution in [2.75, 3.05) is 0 Å². The summed E-state index contributed by atoms with van der Waals surface area (Å²) in [6.45, 7) is 0. The number of hydrogen-bond donors (Lipinski definition) is 2. The van der Waals surface area contributed by atoms with Gasteiger partial charge in [0.15, 0.2) is 0 Å². The molecule has 1 aromatic carbocycles. The van der Waals surface area contributed by atoms with E-state index in [2.05, 4.69) is 22.0 Å². The fraction of sp³-hybridized carbons (Fsp3) is 0. The molecular formula is C6H4BrO2. The standard InChI is InChI=1S/C6H4BrO2/c7-5-3-4(8)1-2-6(5)9/h2-3,8-9H. The summed E-state index contributed by atoms with van der Waals surface area (Å²) < 4.78 is 0.471. The Morgan fingerprint density at radius 2 is 2.11 bits per heavy atom. The quantitative estimate of drug-likeness (QED) is 0.607.